The molecule has 0 aromatic carbocycles. The van der Waals surface area contributed by atoms with Crippen molar-refractivity contribution in [3.05, 3.63) is 0 Å². The lowest BCUT2D eigenvalue weighted by Gasteiger charge is -2.12. The fourth-order valence-electron chi connectivity index (χ4n) is 1.83. The molecule has 0 bridgehead atoms. The second-order valence-electron chi connectivity index (χ2n) is 5.00. The number of carbonyl (C=O) groups is 1. The van der Waals surface area contributed by atoms with Crippen molar-refractivity contribution < 1.29 is 14.6 Å². The highest BCUT2D eigenvalue weighted by molar-refractivity contribution is 5.64. The molecule has 1 aliphatic rings. The Bertz CT molecular complexity index is 209. The van der Waals surface area contributed by atoms with Crippen LogP contribution in [0.1, 0.15) is 52.4 Å². The summed E-state index contributed by atoms with van der Waals surface area (Å²) in [5, 5.41) is 10.2. The Labute approximate surface area is 91.8 Å². The summed E-state index contributed by atoms with van der Waals surface area (Å²) in [7, 11) is 0. The second-order valence-corrected chi connectivity index (χ2v) is 5.00. The van der Waals surface area contributed by atoms with E-state index in [0.29, 0.717) is 5.92 Å². The van der Waals surface area contributed by atoms with Crippen molar-refractivity contribution in [2.24, 2.45) is 5.92 Å². The fraction of sp³-hybridized carbons (Fsp3) is 0.917. The summed E-state index contributed by atoms with van der Waals surface area (Å²) in [5.41, 5.74) is 0.171. The second kappa shape index (κ2) is 5.50. The maximum atomic E-state index is 10.2. The third-order valence-corrected chi connectivity index (χ3v) is 3.12. The first-order valence-corrected chi connectivity index (χ1v) is 5.86. The van der Waals surface area contributed by atoms with Crippen LogP contribution in [-0.2, 0) is 9.53 Å². The first-order valence-electron chi connectivity index (χ1n) is 5.86. The van der Waals surface area contributed by atoms with Crippen molar-refractivity contribution in [2.75, 3.05) is 6.61 Å². The van der Waals surface area contributed by atoms with Crippen molar-refractivity contribution in [3.63, 3.8) is 0 Å². The number of rotatable bonds is 8. The van der Waals surface area contributed by atoms with Gasteiger partial charge < -0.3 is 14.6 Å². The highest BCUT2D eigenvalue weighted by atomic mass is 16.6. The third kappa shape index (κ3) is 5.78. The van der Waals surface area contributed by atoms with Gasteiger partial charge in [0, 0.05) is 5.97 Å². The van der Waals surface area contributed by atoms with Gasteiger partial charge in [0.2, 0.25) is 0 Å². The molecular weight excluding hydrogens is 192 g/mol. The number of hydrogen-bond acceptors (Lipinski definition) is 3. The van der Waals surface area contributed by atoms with Crippen molar-refractivity contribution in [1.82, 2.24) is 0 Å². The Hall–Kier alpha value is -0.570. The number of hydrogen-bond donors (Lipinski definition) is 0. The minimum Gasteiger partial charge on any atom is -0.550 e. The Morgan fingerprint density at radius 1 is 1.47 bits per heavy atom. The van der Waals surface area contributed by atoms with Crippen LogP contribution in [0.3, 0.4) is 0 Å². The molecule has 0 amide bonds. The van der Waals surface area contributed by atoms with Crippen LogP contribution < -0.4 is 5.11 Å². The maximum absolute atomic E-state index is 10.2. The molecule has 1 aliphatic heterocycles. The molecular formula is C12H21O3-. The van der Waals surface area contributed by atoms with E-state index in [9.17, 15) is 9.90 Å². The van der Waals surface area contributed by atoms with Crippen LogP contribution in [-0.4, -0.2) is 18.2 Å². The molecule has 2 unspecified atom stereocenters. The summed E-state index contributed by atoms with van der Waals surface area (Å²) < 4.78 is 5.30. The average molecular weight is 213 g/mol. The van der Waals surface area contributed by atoms with E-state index in [0.717, 1.165) is 25.9 Å². The smallest absolute Gasteiger partial charge is 0.0888 e. The number of epoxide rings is 1. The Morgan fingerprint density at radius 3 is 2.60 bits per heavy atom. The summed E-state index contributed by atoms with van der Waals surface area (Å²) in [5.74, 6) is -0.312. The van der Waals surface area contributed by atoms with Gasteiger partial charge >= 0.3 is 0 Å². The first-order chi connectivity index (χ1) is 7.02. The van der Waals surface area contributed by atoms with E-state index in [1.807, 2.05) is 0 Å². The molecule has 0 N–H and O–H groups in total. The molecule has 3 heteroatoms. The zero-order valence-electron chi connectivity index (χ0n) is 9.75. The van der Waals surface area contributed by atoms with Crippen molar-refractivity contribution in [2.45, 2.75) is 58.0 Å². The van der Waals surface area contributed by atoms with Gasteiger partial charge in [0.25, 0.3) is 0 Å². The predicted molar refractivity (Wildman–Crippen MR) is 56.2 cm³/mol. The van der Waals surface area contributed by atoms with Crippen LogP contribution in [0.2, 0.25) is 0 Å². The molecule has 3 nitrogen and oxygen atoms in total. The summed E-state index contributed by atoms with van der Waals surface area (Å²) in [6, 6.07) is 0. The number of carboxylic acid groups (broad SMARTS) is 1. The van der Waals surface area contributed by atoms with Crippen molar-refractivity contribution in [1.29, 1.82) is 0 Å². The van der Waals surface area contributed by atoms with Gasteiger partial charge in [-0.05, 0) is 32.1 Å². The Balaban J connectivity index is 1.93. The maximum Gasteiger partial charge on any atom is 0.0888 e. The van der Waals surface area contributed by atoms with Crippen LogP contribution in [0.4, 0.5) is 0 Å². The Morgan fingerprint density at radius 2 is 2.07 bits per heavy atom. The molecule has 0 saturated carbocycles. The van der Waals surface area contributed by atoms with Gasteiger partial charge in [0.05, 0.1) is 12.2 Å². The lowest BCUT2D eigenvalue weighted by atomic mass is 9.95. The third-order valence-electron chi connectivity index (χ3n) is 3.12. The topological polar surface area (TPSA) is 52.7 Å². The van der Waals surface area contributed by atoms with Crippen LogP contribution in [0, 0.1) is 5.92 Å². The zero-order valence-corrected chi connectivity index (χ0v) is 9.75. The van der Waals surface area contributed by atoms with E-state index in [2.05, 4.69) is 13.8 Å². The fourth-order valence-corrected chi connectivity index (χ4v) is 1.83. The molecule has 0 radical (unpaired) electrons. The van der Waals surface area contributed by atoms with E-state index in [-0.39, 0.29) is 12.0 Å². The number of aliphatic carboxylic acids is 1. The van der Waals surface area contributed by atoms with E-state index in [1.165, 1.54) is 12.8 Å². The van der Waals surface area contributed by atoms with E-state index in [1.54, 1.807) is 0 Å². The van der Waals surface area contributed by atoms with Crippen molar-refractivity contribution >= 4 is 5.97 Å². The van der Waals surface area contributed by atoms with Crippen molar-refractivity contribution in [3.8, 4) is 0 Å². The predicted octanol–water partition coefficient (Wildman–Crippen LogP) is 1.50. The quantitative estimate of drug-likeness (QED) is 0.574. The summed E-state index contributed by atoms with van der Waals surface area (Å²) in [6.45, 7) is 5.24. The molecule has 1 rings (SSSR count). The molecule has 1 saturated heterocycles. The normalized spacial score (nSPS) is 26.3. The monoisotopic (exact) mass is 213 g/mol. The molecule has 1 heterocycles. The van der Waals surface area contributed by atoms with E-state index in [4.69, 9.17) is 4.74 Å². The highest BCUT2D eigenvalue weighted by Crippen LogP contribution is 2.32. The molecule has 2 atom stereocenters. The molecule has 0 aliphatic carbocycles. The van der Waals surface area contributed by atoms with Gasteiger partial charge in [0.15, 0.2) is 0 Å². The molecule has 15 heavy (non-hydrogen) atoms. The van der Waals surface area contributed by atoms with E-state index < -0.39 is 5.97 Å². The lowest BCUT2D eigenvalue weighted by molar-refractivity contribution is -0.305. The van der Waals surface area contributed by atoms with Crippen LogP contribution in [0.5, 0.6) is 0 Å². The van der Waals surface area contributed by atoms with Crippen LogP contribution >= 0.6 is 0 Å². The number of ether oxygens (including phenoxy) is 1. The Kier molecular flexibility index (Phi) is 4.58. The molecule has 0 aromatic rings. The zero-order chi connectivity index (χ0) is 11.3. The average Bonchev–Trinajstić information content (AvgIpc) is 2.83. The summed E-state index contributed by atoms with van der Waals surface area (Å²) in [4.78, 5) is 10.2. The van der Waals surface area contributed by atoms with E-state index >= 15 is 0 Å². The SMILES string of the molecule is CC(CCCC(=O)[O-])CCCC1(C)CO1. The summed E-state index contributed by atoms with van der Waals surface area (Å²) in [6.07, 6.45) is 5.43. The highest BCUT2D eigenvalue weighted by Gasteiger charge is 2.38. The minimum absolute atomic E-state index is 0.171. The van der Waals surface area contributed by atoms with Gasteiger partial charge in [-0.15, -0.1) is 0 Å². The first kappa shape index (κ1) is 12.5. The lowest BCUT2D eigenvalue weighted by Crippen LogP contribution is -2.21. The molecule has 0 aromatic heterocycles. The summed E-state index contributed by atoms with van der Waals surface area (Å²) >= 11 is 0. The van der Waals surface area contributed by atoms with Gasteiger partial charge in [-0.1, -0.05) is 26.2 Å². The largest absolute Gasteiger partial charge is 0.550 e. The standard InChI is InChI=1S/C12H22O3/c1-10(5-3-7-11(13)14)6-4-8-12(2)9-15-12/h10H,3-9H2,1-2H3,(H,13,14)/p-1. The minimum atomic E-state index is -0.930. The van der Waals surface area contributed by atoms with Crippen LogP contribution in [0.25, 0.3) is 0 Å². The molecule has 1 fully saturated rings. The van der Waals surface area contributed by atoms with Gasteiger partial charge in [-0.3, -0.25) is 0 Å². The molecule has 88 valence electrons. The van der Waals surface area contributed by atoms with Gasteiger partial charge in [-0.2, -0.15) is 0 Å². The van der Waals surface area contributed by atoms with Crippen LogP contribution in [0.15, 0.2) is 0 Å². The number of carboxylic acids is 1. The molecule has 0 spiro atoms. The number of carbonyl (C=O) groups excluding carboxylic acids is 1. The van der Waals surface area contributed by atoms with Gasteiger partial charge in [0.1, 0.15) is 0 Å². The van der Waals surface area contributed by atoms with Gasteiger partial charge in [-0.25, -0.2) is 0 Å².